The van der Waals surface area contributed by atoms with Crippen molar-refractivity contribution in [2.45, 2.75) is 48.3 Å². The number of carbonyl (C=O) groups excluding carboxylic acids is 1. The van der Waals surface area contributed by atoms with E-state index in [4.69, 9.17) is 4.74 Å². The molecule has 1 aliphatic rings. The molecule has 1 fully saturated rings. The van der Waals surface area contributed by atoms with E-state index in [0.717, 1.165) is 19.3 Å². The van der Waals surface area contributed by atoms with Gasteiger partial charge in [0.1, 0.15) is 11.4 Å². The standard InChI is InChI=1S/C16H22FNO2S/c1-3-20-15(19)16(18-2)10-6-7-12(11-16)21-14-9-5-4-8-13(14)17/h4-5,8-9,12,18H,3,6-7,10-11H2,1-2H3. The van der Waals surface area contributed by atoms with Gasteiger partial charge in [-0.2, -0.15) is 0 Å². The molecule has 2 atom stereocenters. The Morgan fingerprint density at radius 3 is 2.95 bits per heavy atom. The third kappa shape index (κ3) is 3.77. The highest BCUT2D eigenvalue weighted by Gasteiger charge is 2.43. The molecule has 0 bridgehead atoms. The summed E-state index contributed by atoms with van der Waals surface area (Å²) in [6, 6.07) is 6.80. The highest BCUT2D eigenvalue weighted by molar-refractivity contribution is 8.00. The Kier molecular flexibility index (Phi) is 5.65. The van der Waals surface area contributed by atoms with Gasteiger partial charge in [0.05, 0.1) is 6.61 Å². The van der Waals surface area contributed by atoms with Crippen molar-refractivity contribution in [1.29, 1.82) is 0 Å². The molecular formula is C16H22FNO2S. The molecule has 0 aliphatic heterocycles. The van der Waals surface area contributed by atoms with Crippen molar-refractivity contribution in [3.05, 3.63) is 30.1 Å². The highest BCUT2D eigenvalue weighted by atomic mass is 32.2. The minimum atomic E-state index is -0.628. The van der Waals surface area contributed by atoms with Crippen molar-refractivity contribution < 1.29 is 13.9 Å². The molecule has 1 aromatic carbocycles. The van der Waals surface area contributed by atoms with Crippen molar-refractivity contribution in [1.82, 2.24) is 5.32 Å². The fourth-order valence-electron chi connectivity index (χ4n) is 2.83. The lowest BCUT2D eigenvalue weighted by Crippen LogP contribution is -2.54. The molecular weight excluding hydrogens is 289 g/mol. The van der Waals surface area contributed by atoms with Crippen LogP contribution in [-0.2, 0) is 9.53 Å². The molecule has 2 rings (SSSR count). The van der Waals surface area contributed by atoms with Crippen LogP contribution in [0.3, 0.4) is 0 Å². The number of benzene rings is 1. The summed E-state index contributed by atoms with van der Waals surface area (Å²) in [5.74, 6) is -0.384. The van der Waals surface area contributed by atoms with Crippen LogP contribution in [-0.4, -0.2) is 30.4 Å². The van der Waals surface area contributed by atoms with Gasteiger partial charge in [0.25, 0.3) is 0 Å². The summed E-state index contributed by atoms with van der Waals surface area (Å²) in [5, 5.41) is 3.37. The van der Waals surface area contributed by atoms with E-state index in [1.54, 1.807) is 19.2 Å². The molecule has 1 saturated carbocycles. The van der Waals surface area contributed by atoms with Gasteiger partial charge in [-0.3, -0.25) is 4.79 Å². The number of hydrogen-bond donors (Lipinski definition) is 1. The van der Waals surface area contributed by atoms with Crippen molar-refractivity contribution in [3.8, 4) is 0 Å². The van der Waals surface area contributed by atoms with E-state index in [1.807, 2.05) is 13.0 Å². The van der Waals surface area contributed by atoms with Crippen molar-refractivity contribution in [3.63, 3.8) is 0 Å². The zero-order chi connectivity index (χ0) is 15.3. The number of thioether (sulfide) groups is 1. The average Bonchev–Trinajstić information content (AvgIpc) is 2.50. The summed E-state index contributed by atoms with van der Waals surface area (Å²) in [4.78, 5) is 12.9. The van der Waals surface area contributed by atoms with Crippen LogP contribution in [0, 0.1) is 5.82 Å². The van der Waals surface area contributed by atoms with Gasteiger partial charge >= 0.3 is 5.97 Å². The molecule has 0 heterocycles. The third-order valence-corrected chi connectivity index (χ3v) is 5.30. The molecule has 116 valence electrons. The van der Waals surface area contributed by atoms with Crippen LogP contribution in [0.5, 0.6) is 0 Å². The van der Waals surface area contributed by atoms with E-state index in [1.165, 1.54) is 17.8 Å². The lowest BCUT2D eigenvalue weighted by Gasteiger charge is -2.38. The Bertz CT molecular complexity index is 497. The van der Waals surface area contributed by atoms with Crippen molar-refractivity contribution >= 4 is 17.7 Å². The first-order chi connectivity index (χ1) is 10.1. The largest absolute Gasteiger partial charge is 0.465 e. The Balaban J connectivity index is 2.09. The second-order valence-corrected chi connectivity index (χ2v) is 6.66. The van der Waals surface area contributed by atoms with E-state index < -0.39 is 5.54 Å². The molecule has 0 aromatic heterocycles. The molecule has 0 spiro atoms. The Morgan fingerprint density at radius 1 is 1.52 bits per heavy atom. The van der Waals surface area contributed by atoms with E-state index in [-0.39, 0.29) is 17.0 Å². The number of esters is 1. The molecule has 5 heteroatoms. The van der Waals surface area contributed by atoms with Gasteiger partial charge < -0.3 is 10.1 Å². The molecule has 1 aliphatic carbocycles. The zero-order valence-electron chi connectivity index (χ0n) is 12.5. The minimum absolute atomic E-state index is 0.189. The molecule has 1 N–H and O–H groups in total. The number of rotatable bonds is 5. The first-order valence-corrected chi connectivity index (χ1v) is 8.26. The van der Waals surface area contributed by atoms with Crippen LogP contribution in [0.4, 0.5) is 4.39 Å². The normalized spacial score (nSPS) is 25.6. The zero-order valence-corrected chi connectivity index (χ0v) is 13.3. The average molecular weight is 311 g/mol. The molecule has 2 unspecified atom stereocenters. The third-order valence-electron chi connectivity index (χ3n) is 3.98. The SMILES string of the molecule is CCOC(=O)C1(NC)CCCC(Sc2ccccc2F)C1. The molecule has 0 saturated heterocycles. The number of nitrogens with one attached hydrogen (secondary N) is 1. The van der Waals surface area contributed by atoms with E-state index >= 15 is 0 Å². The number of likely N-dealkylation sites (N-methyl/N-ethyl adjacent to an activating group) is 1. The summed E-state index contributed by atoms with van der Waals surface area (Å²) in [5.41, 5.74) is -0.628. The number of carbonyl (C=O) groups is 1. The number of ether oxygens (including phenoxy) is 1. The van der Waals surface area contributed by atoms with Crippen LogP contribution in [0.15, 0.2) is 29.2 Å². The summed E-state index contributed by atoms with van der Waals surface area (Å²) in [6.45, 7) is 2.20. The van der Waals surface area contributed by atoms with Crippen LogP contribution in [0.1, 0.15) is 32.6 Å². The molecule has 0 amide bonds. The van der Waals surface area contributed by atoms with Crippen molar-refractivity contribution in [2.24, 2.45) is 0 Å². The minimum Gasteiger partial charge on any atom is -0.465 e. The van der Waals surface area contributed by atoms with Crippen LogP contribution >= 0.6 is 11.8 Å². The number of halogens is 1. The van der Waals surface area contributed by atoms with Gasteiger partial charge in [0, 0.05) is 10.1 Å². The molecule has 21 heavy (non-hydrogen) atoms. The first-order valence-electron chi connectivity index (χ1n) is 7.38. The summed E-state index contributed by atoms with van der Waals surface area (Å²) >= 11 is 1.52. The lowest BCUT2D eigenvalue weighted by atomic mass is 9.81. The maximum Gasteiger partial charge on any atom is 0.326 e. The maximum absolute atomic E-state index is 13.8. The van der Waals surface area contributed by atoms with Crippen LogP contribution in [0.25, 0.3) is 0 Å². The second kappa shape index (κ2) is 7.27. The predicted octanol–water partition coefficient (Wildman–Crippen LogP) is 3.38. The van der Waals surface area contributed by atoms with Gasteiger partial charge in [-0.25, -0.2) is 4.39 Å². The van der Waals surface area contributed by atoms with E-state index in [0.29, 0.717) is 17.9 Å². The topological polar surface area (TPSA) is 38.3 Å². The lowest BCUT2D eigenvalue weighted by molar-refractivity contribution is -0.152. The molecule has 3 nitrogen and oxygen atoms in total. The van der Waals surface area contributed by atoms with E-state index in [2.05, 4.69) is 5.32 Å². The van der Waals surface area contributed by atoms with Crippen molar-refractivity contribution in [2.75, 3.05) is 13.7 Å². The van der Waals surface area contributed by atoms with Crippen LogP contribution < -0.4 is 5.32 Å². The van der Waals surface area contributed by atoms with Gasteiger partial charge in [-0.1, -0.05) is 12.1 Å². The first kappa shape index (κ1) is 16.3. The fourth-order valence-corrected chi connectivity index (χ4v) is 4.18. The molecule has 1 aromatic rings. The Hall–Kier alpha value is -1.07. The van der Waals surface area contributed by atoms with Gasteiger partial charge in [0.2, 0.25) is 0 Å². The summed E-state index contributed by atoms with van der Waals surface area (Å²) < 4.78 is 19.0. The second-order valence-electron chi connectivity index (χ2n) is 5.32. The van der Waals surface area contributed by atoms with Crippen LogP contribution in [0.2, 0.25) is 0 Å². The van der Waals surface area contributed by atoms with Gasteiger partial charge in [-0.05, 0) is 51.8 Å². The summed E-state index contributed by atoms with van der Waals surface area (Å²) in [7, 11) is 1.80. The monoisotopic (exact) mass is 311 g/mol. The predicted molar refractivity (Wildman–Crippen MR) is 82.9 cm³/mol. The van der Waals surface area contributed by atoms with Gasteiger partial charge in [0.15, 0.2) is 0 Å². The van der Waals surface area contributed by atoms with Gasteiger partial charge in [-0.15, -0.1) is 11.8 Å². The van der Waals surface area contributed by atoms with E-state index in [9.17, 15) is 9.18 Å². The molecule has 0 radical (unpaired) electrons. The maximum atomic E-state index is 13.8. The summed E-state index contributed by atoms with van der Waals surface area (Å²) in [6.07, 6.45) is 3.37. The highest BCUT2D eigenvalue weighted by Crippen LogP contribution is 2.39. The smallest absolute Gasteiger partial charge is 0.326 e. The fraction of sp³-hybridized carbons (Fsp3) is 0.562. The Morgan fingerprint density at radius 2 is 2.29 bits per heavy atom. The quantitative estimate of drug-likeness (QED) is 0.846. The number of hydrogen-bond acceptors (Lipinski definition) is 4. The Labute approximate surface area is 129 Å².